The van der Waals surface area contributed by atoms with E-state index in [-0.39, 0.29) is 33.5 Å². The lowest BCUT2D eigenvalue weighted by Crippen LogP contribution is -2.27. The number of anilines is 4. The molecule has 16 nitrogen and oxygen atoms in total. The zero-order valence-corrected chi connectivity index (χ0v) is 32.2. The van der Waals surface area contributed by atoms with E-state index >= 15 is 0 Å². The van der Waals surface area contributed by atoms with Crippen LogP contribution in [0.4, 0.5) is 34.1 Å². The van der Waals surface area contributed by atoms with Crippen LogP contribution in [0.1, 0.15) is 42.2 Å². The number of amides is 2. The van der Waals surface area contributed by atoms with Gasteiger partial charge in [-0.2, -0.15) is 32.2 Å². The van der Waals surface area contributed by atoms with Crippen molar-refractivity contribution in [2.24, 2.45) is 15.3 Å². The highest BCUT2D eigenvalue weighted by Crippen LogP contribution is 2.31. The van der Waals surface area contributed by atoms with Gasteiger partial charge in [-0.05, 0) is 144 Å². The number of fused-ring (bicyclic) bond motifs is 2. The molecular formula is C41H31N7O9S2. The van der Waals surface area contributed by atoms with E-state index in [1.807, 2.05) is 0 Å². The third-order valence-corrected chi connectivity index (χ3v) is 10.7. The number of rotatable bonds is 10. The van der Waals surface area contributed by atoms with E-state index in [1.165, 1.54) is 48.5 Å². The summed E-state index contributed by atoms with van der Waals surface area (Å²) in [6, 6.07) is 30.7. The fourth-order valence-corrected chi connectivity index (χ4v) is 7.14. The Kier molecular flexibility index (Phi) is 10.7. The molecule has 0 aliphatic heterocycles. The molecule has 0 atom stereocenters. The average molecular weight is 830 g/mol. The number of nitrogens with zero attached hydrogens (tertiary/aromatic N) is 3. The van der Waals surface area contributed by atoms with Crippen LogP contribution in [0.25, 0.3) is 16.8 Å². The van der Waals surface area contributed by atoms with Crippen LogP contribution in [-0.2, 0) is 20.2 Å². The minimum Gasteiger partial charge on any atom is -0.399 e. The molecular weight excluding hydrogens is 799 g/mol. The molecule has 7 N–H and O–H groups in total. The van der Waals surface area contributed by atoms with Gasteiger partial charge in [0.25, 0.3) is 32.1 Å². The minimum atomic E-state index is -4.94. The molecule has 0 heterocycles. The van der Waals surface area contributed by atoms with Crippen molar-refractivity contribution in [2.45, 2.75) is 11.8 Å². The number of aryl methyl sites for hydroxylation is 1. The van der Waals surface area contributed by atoms with E-state index < -0.39 is 36.6 Å². The van der Waals surface area contributed by atoms with Crippen molar-refractivity contribution < 1.29 is 40.3 Å². The van der Waals surface area contributed by atoms with Gasteiger partial charge >= 0.3 is 0 Å². The molecule has 0 fully saturated rings. The first kappa shape index (κ1) is 39.8. The van der Waals surface area contributed by atoms with E-state index in [9.17, 15) is 40.3 Å². The van der Waals surface area contributed by atoms with Gasteiger partial charge in [0.2, 0.25) is 5.78 Å². The quantitative estimate of drug-likeness (QED) is 0.0336. The van der Waals surface area contributed by atoms with E-state index in [4.69, 9.17) is 5.73 Å². The third-order valence-electron chi connectivity index (χ3n) is 9.00. The molecule has 0 aromatic heterocycles. The lowest BCUT2D eigenvalue weighted by molar-refractivity contribution is 0.102. The van der Waals surface area contributed by atoms with E-state index in [1.54, 1.807) is 79.7 Å². The number of carbonyl (C=O) groups is 3. The second-order valence-electron chi connectivity index (χ2n) is 13.2. The minimum absolute atomic E-state index is 0.0852. The SMILES string of the molecule is Cc1cc(NC(=O)c2ccc(NC(=O)c3ccc(N)cc3)cc2)ccc1N=Nc1ccc2c(c1)C=C(S(=O)(=O)O)C(=NNc1ccc3cc(S(=O)(=O)O)ccc3c1)C2=O. The molecule has 0 saturated heterocycles. The van der Waals surface area contributed by atoms with Crippen molar-refractivity contribution in [1.82, 2.24) is 0 Å². The fraction of sp³-hybridized carbons (Fsp3) is 0.0244. The molecule has 7 rings (SSSR count). The first-order valence-electron chi connectivity index (χ1n) is 17.4. The number of nitrogen functional groups attached to an aromatic ring is 1. The highest BCUT2D eigenvalue weighted by Gasteiger charge is 2.33. The molecule has 2 amide bonds. The Balaban J connectivity index is 1.03. The van der Waals surface area contributed by atoms with Gasteiger partial charge in [-0.1, -0.05) is 12.1 Å². The topological polar surface area (TPSA) is 259 Å². The number of benzene rings is 6. The van der Waals surface area contributed by atoms with Gasteiger partial charge in [0.15, 0.2) is 5.71 Å². The average Bonchev–Trinajstić information content (AvgIpc) is 3.19. The molecule has 0 radical (unpaired) electrons. The summed E-state index contributed by atoms with van der Waals surface area (Å²) in [7, 11) is -9.36. The first-order valence-corrected chi connectivity index (χ1v) is 20.2. The van der Waals surface area contributed by atoms with Crippen LogP contribution < -0.4 is 21.8 Å². The molecule has 1 aliphatic carbocycles. The van der Waals surface area contributed by atoms with Crippen LogP contribution in [0.2, 0.25) is 0 Å². The number of ketones is 1. The molecule has 0 spiro atoms. The molecule has 6 aromatic carbocycles. The van der Waals surface area contributed by atoms with Gasteiger partial charge in [-0.3, -0.25) is 28.9 Å². The van der Waals surface area contributed by atoms with Crippen LogP contribution >= 0.6 is 0 Å². The molecule has 0 saturated carbocycles. The van der Waals surface area contributed by atoms with Crippen LogP contribution in [0, 0.1) is 6.92 Å². The number of hydrogen-bond donors (Lipinski definition) is 6. The summed E-state index contributed by atoms with van der Waals surface area (Å²) in [4.78, 5) is 37.9. The third kappa shape index (κ3) is 9.11. The maximum absolute atomic E-state index is 13.5. The molecule has 0 bridgehead atoms. The number of hydrogen-bond acceptors (Lipinski definition) is 12. The molecule has 0 unspecified atom stereocenters. The number of allylic oxidation sites excluding steroid dienone is 1. The Labute approximate surface area is 336 Å². The van der Waals surface area contributed by atoms with E-state index in [0.29, 0.717) is 55.9 Å². The van der Waals surface area contributed by atoms with Crippen LogP contribution in [-0.4, -0.2) is 49.3 Å². The maximum Gasteiger partial charge on any atom is 0.296 e. The predicted octanol–water partition coefficient (Wildman–Crippen LogP) is 7.79. The molecule has 296 valence electrons. The molecule has 18 heteroatoms. The van der Waals surface area contributed by atoms with Gasteiger partial charge in [-0.25, -0.2) is 0 Å². The van der Waals surface area contributed by atoms with Crippen molar-refractivity contribution in [2.75, 3.05) is 21.8 Å². The predicted molar refractivity (Wildman–Crippen MR) is 224 cm³/mol. The Morgan fingerprint density at radius 1 is 0.644 bits per heavy atom. The maximum atomic E-state index is 13.5. The monoisotopic (exact) mass is 829 g/mol. The first-order chi connectivity index (χ1) is 28.0. The van der Waals surface area contributed by atoms with Gasteiger partial charge in [0.1, 0.15) is 4.91 Å². The Morgan fingerprint density at radius 3 is 1.92 bits per heavy atom. The number of nitrogens with one attached hydrogen (secondary N) is 3. The summed E-state index contributed by atoms with van der Waals surface area (Å²) in [5, 5.41) is 19.2. The van der Waals surface area contributed by atoms with Crippen molar-refractivity contribution in [1.29, 1.82) is 0 Å². The van der Waals surface area contributed by atoms with E-state index in [0.717, 1.165) is 6.08 Å². The zero-order valence-electron chi connectivity index (χ0n) is 30.6. The van der Waals surface area contributed by atoms with Crippen molar-refractivity contribution in [3.8, 4) is 0 Å². The normalized spacial score (nSPS) is 13.6. The van der Waals surface area contributed by atoms with Crippen LogP contribution in [0.15, 0.2) is 146 Å². The van der Waals surface area contributed by atoms with Gasteiger partial charge in [-0.15, -0.1) is 0 Å². The Morgan fingerprint density at radius 2 is 1.25 bits per heavy atom. The fourth-order valence-electron chi connectivity index (χ4n) is 5.97. The van der Waals surface area contributed by atoms with Gasteiger partial charge in [0, 0.05) is 33.8 Å². The summed E-state index contributed by atoms with van der Waals surface area (Å²) < 4.78 is 67.2. The molecule has 6 aromatic rings. The second-order valence-corrected chi connectivity index (χ2v) is 16.0. The van der Waals surface area contributed by atoms with E-state index in [2.05, 4.69) is 31.4 Å². The summed E-state index contributed by atoms with van der Waals surface area (Å²) in [6.07, 6.45) is 1.09. The van der Waals surface area contributed by atoms with Gasteiger partial charge in [0.05, 0.1) is 22.0 Å². The standard InChI is InChI=1S/C41H31N7O9S2/c1-23-18-31(44-41(51)25-4-10-30(11-5-25)43-40(50)24-2-8-29(42)9-3-24)14-17-36(23)47-45-33-13-16-35-28(20-33)22-37(59(55,56)57)38(39(35)49)48-46-32-12-6-27-21-34(58(52,53)54)15-7-26(27)19-32/h2-22,46H,42H2,1H3,(H,43,50)(H,44,51)(H,52,53,54)(H,55,56,57). The van der Waals surface area contributed by atoms with Crippen molar-refractivity contribution in [3.05, 3.63) is 154 Å². The Bertz CT molecular complexity index is 3040. The summed E-state index contributed by atoms with van der Waals surface area (Å²) in [5.74, 6) is -1.50. The lowest BCUT2D eigenvalue weighted by Gasteiger charge is -2.16. The number of hydrazone groups is 1. The summed E-state index contributed by atoms with van der Waals surface area (Å²) >= 11 is 0. The number of nitrogens with two attached hydrogens (primary N) is 1. The lowest BCUT2D eigenvalue weighted by atomic mass is 9.94. The highest BCUT2D eigenvalue weighted by atomic mass is 32.2. The smallest absolute Gasteiger partial charge is 0.296 e. The number of azo groups is 1. The highest BCUT2D eigenvalue weighted by molar-refractivity contribution is 7.91. The number of carbonyl (C=O) groups excluding carboxylic acids is 3. The van der Waals surface area contributed by atoms with Crippen molar-refractivity contribution in [3.63, 3.8) is 0 Å². The van der Waals surface area contributed by atoms with Crippen LogP contribution in [0.5, 0.6) is 0 Å². The largest absolute Gasteiger partial charge is 0.399 e. The summed E-state index contributed by atoms with van der Waals surface area (Å²) in [6.45, 7) is 1.77. The van der Waals surface area contributed by atoms with Gasteiger partial charge < -0.3 is 16.4 Å². The molecule has 1 aliphatic rings. The second kappa shape index (κ2) is 15.9. The Hall–Kier alpha value is -7.38. The van der Waals surface area contributed by atoms with Crippen molar-refractivity contribution >= 4 is 94.5 Å². The summed E-state index contributed by atoms with van der Waals surface area (Å²) in [5.41, 5.74) is 12.0. The van der Waals surface area contributed by atoms with Crippen LogP contribution in [0.3, 0.4) is 0 Å². The molecule has 59 heavy (non-hydrogen) atoms. The zero-order chi connectivity index (χ0) is 42.1. The number of Topliss-reactive ketones (excluding diaryl/α,β-unsaturated/α-hetero) is 1.